The summed E-state index contributed by atoms with van der Waals surface area (Å²) >= 11 is 10.2. The summed E-state index contributed by atoms with van der Waals surface area (Å²) in [5, 5.41) is 8.08. The third-order valence-corrected chi connectivity index (χ3v) is 5.71. The number of hydrogen-bond acceptors (Lipinski definition) is 4. The van der Waals surface area contributed by atoms with Gasteiger partial charge in [-0.2, -0.15) is 17.7 Å². The van der Waals surface area contributed by atoms with Gasteiger partial charge in [-0.15, -0.1) is 0 Å². The number of halogens is 1. The summed E-state index contributed by atoms with van der Waals surface area (Å²) in [5.74, 6) is 1.48. The minimum Gasteiger partial charge on any atom is -0.314 e. The van der Waals surface area contributed by atoms with Crippen LogP contribution in [0.1, 0.15) is 35.8 Å². The van der Waals surface area contributed by atoms with E-state index in [1.807, 2.05) is 58.1 Å². The van der Waals surface area contributed by atoms with Crippen LogP contribution in [-0.4, -0.2) is 32.2 Å². The van der Waals surface area contributed by atoms with Gasteiger partial charge in [-0.1, -0.05) is 35.9 Å². The Hall–Kier alpha value is -2.51. The molecule has 150 valence electrons. The van der Waals surface area contributed by atoms with Crippen LogP contribution in [-0.2, 0) is 12.3 Å². The largest absolute Gasteiger partial charge is 0.322 e. The van der Waals surface area contributed by atoms with Crippen molar-refractivity contribution in [2.45, 2.75) is 31.2 Å². The molecule has 3 aromatic rings. The quantitative estimate of drug-likeness (QED) is 0.576. The third kappa shape index (κ3) is 4.57. The van der Waals surface area contributed by atoms with Gasteiger partial charge in [0.05, 0.1) is 12.6 Å². The molecule has 1 atom stereocenters. The number of benzene rings is 2. The molecule has 1 fully saturated rings. The van der Waals surface area contributed by atoms with Crippen LogP contribution in [0.15, 0.2) is 54.9 Å². The van der Waals surface area contributed by atoms with E-state index in [9.17, 15) is 4.79 Å². The summed E-state index contributed by atoms with van der Waals surface area (Å²) in [7, 11) is 0. The lowest BCUT2D eigenvalue weighted by atomic mass is 10.2. The van der Waals surface area contributed by atoms with Crippen molar-refractivity contribution in [3.63, 3.8) is 0 Å². The van der Waals surface area contributed by atoms with Crippen LogP contribution in [0.3, 0.4) is 0 Å². The molecule has 0 saturated carbocycles. The molecule has 1 aromatic heterocycles. The van der Waals surface area contributed by atoms with Crippen molar-refractivity contribution in [2.75, 3.05) is 11.9 Å². The maximum atomic E-state index is 12.9. The van der Waals surface area contributed by atoms with Crippen molar-refractivity contribution in [1.29, 1.82) is 0 Å². The summed E-state index contributed by atoms with van der Waals surface area (Å²) in [4.78, 5) is 19.2. The van der Waals surface area contributed by atoms with Crippen LogP contribution < -0.4 is 5.32 Å². The molecule has 1 aliphatic heterocycles. The first kappa shape index (κ1) is 19.8. The Morgan fingerprint density at radius 1 is 1.14 bits per heavy atom. The Balaban J connectivity index is 1.48. The maximum Gasteiger partial charge on any atom is 0.322 e. The average Bonchev–Trinajstić information content (AvgIpc) is 3.39. The van der Waals surface area contributed by atoms with Gasteiger partial charge in [-0.3, -0.25) is 0 Å². The van der Waals surface area contributed by atoms with Crippen LogP contribution in [0.2, 0.25) is 5.02 Å². The molecular weight excluding hydrogens is 406 g/mol. The molecule has 6 nitrogen and oxygen atoms in total. The molecule has 1 aliphatic rings. The highest BCUT2D eigenvalue weighted by atomic mass is 35.5. The van der Waals surface area contributed by atoms with Gasteiger partial charge in [-0.25, -0.2) is 14.5 Å². The average molecular weight is 428 g/mol. The normalized spacial score (nSPS) is 16.2. The molecular formula is C21H22ClN5OS. The predicted molar refractivity (Wildman–Crippen MR) is 117 cm³/mol. The van der Waals surface area contributed by atoms with Crippen molar-refractivity contribution in [1.82, 2.24) is 19.7 Å². The van der Waals surface area contributed by atoms with Gasteiger partial charge in [0.2, 0.25) is 0 Å². The number of aromatic nitrogens is 3. The van der Waals surface area contributed by atoms with E-state index in [4.69, 9.17) is 11.6 Å². The summed E-state index contributed by atoms with van der Waals surface area (Å²) in [5.41, 5.74) is 2.97. The van der Waals surface area contributed by atoms with E-state index in [0.717, 1.165) is 35.5 Å². The van der Waals surface area contributed by atoms with Crippen LogP contribution in [0.4, 0.5) is 10.5 Å². The molecule has 2 aromatic carbocycles. The molecule has 0 unspecified atom stereocenters. The molecule has 1 saturated heterocycles. The molecule has 0 spiro atoms. The summed E-state index contributed by atoms with van der Waals surface area (Å²) in [6.45, 7) is 1.28. The first-order valence-electron chi connectivity index (χ1n) is 9.53. The van der Waals surface area contributed by atoms with Gasteiger partial charge in [0.1, 0.15) is 12.2 Å². The minimum atomic E-state index is -0.118. The maximum absolute atomic E-state index is 12.9. The van der Waals surface area contributed by atoms with E-state index < -0.39 is 0 Å². The number of thiol groups is 1. The third-order valence-electron chi connectivity index (χ3n) is 5.09. The summed E-state index contributed by atoms with van der Waals surface area (Å²) in [6.07, 6.45) is 3.35. The molecule has 0 aliphatic carbocycles. The number of likely N-dealkylation sites (tertiary alicyclic amines) is 1. The standard InChI is InChI=1S/C21H22ClN5OS/c22-17-7-3-15(4-8-17)12-27-20(23-14-24-27)19-2-1-11-26(19)21(28)25-18-9-5-16(13-29)6-10-18/h3-10,14,19,29H,1-2,11-13H2,(H,25,28)/t19-/m1/s1. The van der Waals surface area contributed by atoms with Gasteiger partial charge in [0.25, 0.3) is 0 Å². The fourth-order valence-corrected chi connectivity index (χ4v) is 3.92. The van der Waals surface area contributed by atoms with Gasteiger partial charge >= 0.3 is 6.03 Å². The monoisotopic (exact) mass is 427 g/mol. The molecule has 2 amide bonds. The first-order valence-corrected chi connectivity index (χ1v) is 10.5. The highest BCUT2D eigenvalue weighted by molar-refractivity contribution is 7.79. The second-order valence-corrected chi connectivity index (χ2v) is 7.79. The van der Waals surface area contributed by atoms with E-state index in [0.29, 0.717) is 23.9 Å². The zero-order valence-corrected chi connectivity index (χ0v) is 17.5. The van der Waals surface area contributed by atoms with Crippen LogP contribution >= 0.6 is 24.2 Å². The predicted octanol–water partition coefficient (Wildman–Crippen LogP) is 4.78. The number of rotatable bonds is 5. The molecule has 0 radical (unpaired) electrons. The Bertz CT molecular complexity index is 973. The second kappa shape index (κ2) is 8.88. The van der Waals surface area contributed by atoms with Crippen LogP contribution in [0, 0.1) is 0 Å². The molecule has 0 bridgehead atoms. The van der Waals surface area contributed by atoms with Crippen molar-refractivity contribution in [2.24, 2.45) is 0 Å². The molecule has 2 heterocycles. The number of anilines is 1. The van der Waals surface area contributed by atoms with Crippen molar-refractivity contribution >= 4 is 35.9 Å². The smallest absolute Gasteiger partial charge is 0.314 e. The highest BCUT2D eigenvalue weighted by Crippen LogP contribution is 2.31. The molecule has 1 N–H and O–H groups in total. The van der Waals surface area contributed by atoms with Crippen molar-refractivity contribution in [3.05, 3.63) is 76.8 Å². The van der Waals surface area contributed by atoms with E-state index >= 15 is 0 Å². The minimum absolute atomic E-state index is 0.0958. The Morgan fingerprint density at radius 2 is 1.86 bits per heavy atom. The Morgan fingerprint density at radius 3 is 2.59 bits per heavy atom. The molecule has 4 rings (SSSR count). The lowest BCUT2D eigenvalue weighted by molar-refractivity contribution is 0.203. The number of urea groups is 1. The van der Waals surface area contributed by atoms with Crippen LogP contribution in [0.25, 0.3) is 0 Å². The zero-order valence-electron chi connectivity index (χ0n) is 15.8. The number of hydrogen-bond donors (Lipinski definition) is 2. The fraction of sp³-hybridized carbons (Fsp3) is 0.286. The summed E-state index contributed by atoms with van der Waals surface area (Å²) < 4.78 is 1.86. The lowest BCUT2D eigenvalue weighted by Crippen LogP contribution is -2.35. The SMILES string of the molecule is O=C(Nc1ccc(CS)cc1)N1CCC[C@@H]1c1ncnn1Cc1ccc(Cl)cc1. The highest BCUT2D eigenvalue weighted by Gasteiger charge is 2.33. The van der Waals surface area contributed by atoms with Gasteiger partial charge < -0.3 is 10.2 Å². The van der Waals surface area contributed by atoms with Gasteiger partial charge in [0.15, 0.2) is 0 Å². The Kier molecular flexibility index (Phi) is 6.06. The Labute approximate surface area is 180 Å². The topological polar surface area (TPSA) is 63.1 Å². The van der Waals surface area contributed by atoms with Crippen LogP contribution in [0.5, 0.6) is 0 Å². The van der Waals surface area contributed by atoms with Crippen molar-refractivity contribution in [3.8, 4) is 0 Å². The van der Waals surface area contributed by atoms with Gasteiger partial charge in [-0.05, 0) is 48.2 Å². The lowest BCUT2D eigenvalue weighted by Gasteiger charge is -2.25. The molecule has 29 heavy (non-hydrogen) atoms. The fourth-order valence-electron chi connectivity index (χ4n) is 3.58. The van der Waals surface area contributed by atoms with Gasteiger partial charge in [0, 0.05) is 23.0 Å². The number of nitrogens with one attached hydrogen (secondary N) is 1. The number of amides is 2. The number of carbonyl (C=O) groups is 1. The first-order chi connectivity index (χ1) is 14.1. The van der Waals surface area contributed by atoms with E-state index in [-0.39, 0.29) is 12.1 Å². The summed E-state index contributed by atoms with van der Waals surface area (Å²) in [6, 6.07) is 15.2. The number of carbonyl (C=O) groups excluding carboxylic acids is 1. The van der Waals surface area contributed by atoms with E-state index in [2.05, 4.69) is 28.0 Å². The second-order valence-electron chi connectivity index (χ2n) is 7.04. The number of nitrogens with zero attached hydrogens (tertiary/aromatic N) is 4. The van der Waals surface area contributed by atoms with E-state index in [1.165, 1.54) is 0 Å². The molecule has 8 heteroatoms. The zero-order chi connectivity index (χ0) is 20.2. The van der Waals surface area contributed by atoms with E-state index in [1.54, 1.807) is 6.33 Å². The van der Waals surface area contributed by atoms with Crippen molar-refractivity contribution < 1.29 is 4.79 Å².